The van der Waals surface area contributed by atoms with Gasteiger partial charge in [-0.05, 0) is 29.8 Å². The summed E-state index contributed by atoms with van der Waals surface area (Å²) >= 11 is 10.5. The summed E-state index contributed by atoms with van der Waals surface area (Å²) in [7, 11) is 1.79. The second-order valence-corrected chi connectivity index (χ2v) is 6.52. The van der Waals surface area contributed by atoms with Crippen LogP contribution in [0, 0.1) is 0 Å². The Morgan fingerprint density at radius 2 is 1.94 bits per heavy atom. The molecule has 0 atom stereocenters. The van der Waals surface area contributed by atoms with E-state index in [9.17, 15) is 4.79 Å². The summed E-state index contributed by atoms with van der Waals surface area (Å²) < 4.78 is 1.67. The van der Waals surface area contributed by atoms with E-state index in [2.05, 4.69) is 15.9 Å². The van der Waals surface area contributed by atoms with Gasteiger partial charge in [0.15, 0.2) is 0 Å². The van der Waals surface area contributed by atoms with E-state index in [0.717, 1.165) is 10.0 Å². The SMILES string of the molecule is CN(Cc1ccc(Br)cc1)C(=O)c1ccc(Cl)s1. The van der Waals surface area contributed by atoms with Crippen LogP contribution in [0.5, 0.6) is 0 Å². The Kier molecular flexibility index (Phi) is 4.43. The molecular weight excluding hydrogens is 334 g/mol. The fourth-order valence-electron chi connectivity index (χ4n) is 1.55. The lowest BCUT2D eigenvalue weighted by Crippen LogP contribution is -2.25. The van der Waals surface area contributed by atoms with Gasteiger partial charge >= 0.3 is 0 Å². The van der Waals surface area contributed by atoms with Crippen molar-refractivity contribution in [3.05, 3.63) is 55.6 Å². The minimum atomic E-state index is -0.00480. The van der Waals surface area contributed by atoms with Crippen LogP contribution >= 0.6 is 38.9 Å². The van der Waals surface area contributed by atoms with Crippen molar-refractivity contribution in [2.24, 2.45) is 0 Å². The highest BCUT2D eigenvalue weighted by Gasteiger charge is 2.14. The molecule has 1 aromatic heterocycles. The number of hydrogen-bond donors (Lipinski definition) is 0. The standard InChI is InChI=1S/C13H11BrClNOS/c1-16(8-9-2-4-10(14)5-3-9)13(17)11-6-7-12(15)18-11/h2-7H,8H2,1H3. The summed E-state index contributed by atoms with van der Waals surface area (Å²) in [5.74, 6) is -0.00480. The molecule has 1 heterocycles. The van der Waals surface area contributed by atoms with E-state index in [0.29, 0.717) is 15.8 Å². The lowest BCUT2D eigenvalue weighted by molar-refractivity contribution is 0.0790. The molecule has 0 bridgehead atoms. The van der Waals surface area contributed by atoms with Crippen molar-refractivity contribution < 1.29 is 4.79 Å². The zero-order chi connectivity index (χ0) is 13.1. The summed E-state index contributed by atoms with van der Waals surface area (Å²) in [6.45, 7) is 0.585. The smallest absolute Gasteiger partial charge is 0.264 e. The minimum Gasteiger partial charge on any atom is -0.337 e. The Bertz CT molecular complexity index is 552. The molecule has 0 spiro atoms. The Morgan fingerprint density at radius 3 is 2.50 bits per heavy atom. The molecule has 0 radical (unpaired) electrons. The molecule has 5 heteroatoms. The first kappa shape index (κ1) is 13.6. The quantitative estimate of drug-likeness (QED) is 0.806. The topological polar surface area (TPSA) is 20.3 Å². The second-order valence-electron chi connectivity index (χ2n) is 3.89. The number of hydrogen-bond acceptors (Lipinski definition) is 2. The first-order valence-corrected chi connectivity index (χ1v) is 7.30. The molecule has 2 rings (SSSR count). The van der Waals surface area contributed by atoms with E-state index in [1.54, 1.807) is 24.1 Å². The molecule has 0 aliphatic rings. The molecule has 94 valence electrons. The maximum Gasteiger partial charge on any atom is 0.264 e. The average molecular weight is 345 g/mol. The molecule has 0 saturated heterocycles. The van der Waals surface area contributed by atoms with Gasteiger partial charge in [0.25, 0.3) is 5.91 Å². The fraction of sp³-hybridized carbons (Fsp3) is 0.154. The minimum absolute atomic E-state index is 0.00480. The van der Waals surface area contributed by atoms with Gasteiger partial charge in [-0.1, -0.05) is 39.7 Å². The second kappa shape index (κ2) is 5.87. The number of nitrogens with zero attached hydrogens (tertiary/aromatic N) is 1. The molecule has 18 heavy (non-hydrogen) atoms. The number of halogens is 2. The Balaban J connectivity index is 2.05. The summed E-state index contributed by atoms with van der Waals surface area (Å²) in [4.78, 5) is 14.4. The van der Waals surface area contributed by atoms with Gasteiger partial charge in [-0.15, -0.1) is 11.3 Å². The van der Waals surface area contributed by atoms with Gasteiger partial charge in [0.1, 0.15) is 0 Å². The maximum absolute atomic E-state index is 12.1. The molecule has 2 nitrogen and oxygen atoms in total. The third-order valence-electron chi connectivity index (χ3n) is 2.46. The van der Waals surface area contributed by atoms with Crippen molar-refractivity contribution in [1.29, 1.82) is 0 Å². The summed E-state index contributed by atoms with van der Waals surface area (Å²) in [6.07, 6.45) is 0. The zero-order valence-electron chi connectivity index (χ0n) is 9.69. The lowest BCUT2D eigenvalue weighted by atomic mass is 10.2. The van der Waals surface area contributed by atoms with E-state index < -0.39 is 0 Å². The number of carbonyl (C=O) groups is 1. The van der Waals surface area contributed by atoms with Crippen LogP contribution in [0.15, 0.2) is 40.9 Å². The Labute approximate surface area is 123 Å². The van der Waals surface area contributed by atoms with Gasteiger partial charge in [0.05, 0.1) is 9.21 Å². The van der Waals surface area contributed by atoms with Crippen LogP contribution in [-0.4, -0.2) is 17.9 Å². The van der Waals surface area contributed by atoms with Crippen LogP contribution in [0.3, 0.4) is 0 Å². The highest BCUT2D eigenvalue weighted by atomic mass is 79.9. The molecule has 0 aliphatic carbocycles. The predicted molar refractivity (Wildman–Crippen MR) is 79.3 cm³/mol. The molecule has 0 saturated carbocycles. The first-order valence-electron chi connectivity index (χ1n) is 5.31. The van der Waals surface area contributed by atoms with E-state index >= 15 is 0 Å². The van der Waals surface area contributed by atoms with Gasteiger partial charge in [-0.2, -0.15) is 0 Å². The number of carbonyl (C=O) groups excluding carboxylic acids is 1. The number of amides is 1. The van der Waals surface area contributed by atoms with Crippen LogP contribution in [0.1, 0.15) is 15.2 Å². The van der Waals surface area contributed by atoms with E-state index in [1.807, 2.05) is 24.3 Å². The normalized spacial score (nSPS) is 10.4. The summed E-state index contributed by atoms with van der Waals surface area (Å²) in [5.41, 5.74) is 1.09. The van der Waals surface area contributed by atoms with Gasteiger partial charge in [-0.3, -0.25) is 4.79 Å². The van der Waals surface area contributed by atoms with Crippen molar-refractivity contribution in [3.8, 4) is 0 Å². The molecule has 0 N–H and O–H groups in total. The van der Waals surface area contributed by atoms with Crippen LogP contribution in [0.4, 0.5) is 0 Å². The van der Waals surface area contributed by atoms with Crippen molar-refractivity contribution in [2.45, 2.75) is 6.54 Å². The van der Waals surface area contributed by atoms with Gasteiger partial charge < -0.3 is 4.90 Å². The van der Waals surface area contributed by atoms with Crippen LogP contribution in [-0.2, 0) is 6.54 Å². The van der Waals surface area contributed by atoms with E-state index in [-0.39, 0.29) is 5.91 Å². The van der Waals surface area contributed by atoms with Gasteiger partial charge in [0, 0.05) is 18.1 Å². The lowest BCUT2D eigenvalue weighted by Gasteiger charge is -2.16. The third-order valence-corrected chi connectivity index (χ3v) is 4.21. The molecule has 0 fully saturated rings. The maximum atomic E-state index is 12.1. The van der Waals surface area contributed by atoms with E-state index in [4.69, 9.17) is 11.6 Å². The van der Waals surface area contributed by atoms with Crippen molar-refractivity contribution in [3.63, 3.8) is 0 Å². The monoisotopic (exact) mass is 343 g/mol. The molecule has 2 aromatic rings. The number of benzene rings is 1. The van der Waals surface area contributed by atoms with Crippen LogP contribution in [0.2, 0.25) is 4.34 Å². The number of thiophene rings is 1. The zero-order valence-corrected chi connectivity index (χ0v) is 12.8. The van der Waals surface area contributed by atoms with E-state index in [1.165, 1.54) is 11.3 Å². The number of rotatable bonds is 3. The summed E-state index contributed by atoms with van der Waals surface area (Å²) in [6, 6.07) is 11.4. The van der Waals surface area contributed by atoms with Crippen molar-refractivity contribution >= 4 is 44.8 Å². The fourth-order valence-corrected chi connectivity index (χ4v) is 2.85. The molecular formula is C13H11BrClNOS. The first-order chi connectivity index (χ1) is 8.56. The molecule has 0 unspecified atom stereocenters. The van der Waals surface area contributed by atoms with Crippen molar-refractivity contribution in [1.82, 2.24) is 4.90 Å². The van der Waals surface area contributed by atoms with Gasteiger partial charge in [-0.25, -0.2) is 0 Å². The predicted octanol–water partition coefficient (Wildman–Crippen LogP) is 4.44. The van der Waals surface area contributed by atoms with Crippen molar-refractivity contribution in [2.75, 3.05) is 7.05 Å². The average Bonchev–Trinajstić information content (AvgIpc) is 2.78. The summed E-state index contributed by atoms with van der Waals surface area (Å²) in [5, 5.41) is 0. The van der Waals surface area contributed by atoms with Crippen LogP contribution in [0.25, 0.3) is 0 Å². The highest BCUT2D eigenvalue weighted by Crippen LogP contribution is 2.23. The Hall–Kier alpha value is -0.840. The Morgan fingerprint density at radius 1 is 1.28 bits per heavy atom. The third kappa shape index (κ3) is 3.34. The highest BCUT2D eigenvalue weighted by molar-refractivity contribution is 9.10. The van der Waals surface area contributed by atoms with Crippen LogP contribution < -0.4 is 0 Å². The van der Waals surface area contributed by atoms with Gasteiger partial charge in [0.2, 0.25) is 0 Å². The largest absolute Gasteiger partial charge is 0.337 e. The molecule has 1 amide bonds. The molecule has 1 aromatic carbocycles. The molecule has 0 aliphatic heterocycles.